The van der Waals surface area contributed by atoms with Crippen LogP contribution in [0.15, 0.2) is 18.2 Å². The third-order valence-corrected chi connectivity index (χ3v) is 4.14. The predicted octanol–water partition coefficient (Wildman–Crippen LogP) is -0.291. The highest BCUT2D eigenvalue weighted by atomic mass is 16.5. The molecule has 1 aromatic carbocycles. The minimum atomic E-state index is -0.801. The predicted molar refractivity (Wildman–Crippen MR) is 90.4 cm³/mol. The summed E-state index contributed by atoms with van der Waals surface area (Å²) in [5.41, 5.74) is 0.693. The van der Waals surface area contributed by atoms with E-state index in [1.165, 1.54) is 19.1 Å². The average Bonchev–Trinajstić information content (AvgIpc) is 2.63. The van der Waals surface area contributed by atoms with Crippen LogP contribution in [-0.2, 0) is 20.8 Å². The molecule has 1 aliphatic rings. The largest absolute Gasteiger partial charge is 0.497 e. The van der Waals surface area contributed by atoms with Crippen LogP contribution in [0.25, 0.3) is 0 Å². The van der Waals surface area contributed by atoms with Gasteiger partial charge in [-0.05, 0) is 6.07 Å². The van der Waals surface area contributed by atoms with Gasteiger partial charge in [-0.25, -0.2) is 0 Å². The van der Waals surface area contributed by atoms with Crippen LogP contribution in [0.3, 0.4) is 0 Å². The second-order valence-electron chi connectivity index (χ2n) is 5.63. The lowest BCUT2D eigenvalue weighted by atomic mass is 10.0. The highest BCUT2D eigenvalue weighted by Crippen LogP contribution is 2.25. The number of rotatable bonds is 6. The highest BCUT2D eigenvalue weighted by molar-refractivity contribution is 5.93. The molecule has 25 heavy (non-hydrogen) atoms. The molecule has 0 aromatic heterocycles. The maximum absolute atomic E-state index is 12.7. The summed E-state index contributed by atoms with van der Waals surface area (Å²) in [5, 5.41) is 5.18. The fourth-order valence-corrected chi connectivity index (χ4v) is 2.76. The van der Waals surface area contributed by atoms with Gasteiger partial charge in [0.2, 0.25) is 17.7 Å². The summed E-state index contributed by atoms with van der Waals surface area (Å²) in [6, 6.07) is 4.40. The Bertz CT molecular complexity index is 662. The number of piperazine rings is 1. The number of carbonyl (C=O) groups excluding carboxylic acids is 3. The van der Waals surface area contributed by atoms with Gasteiger partial charge in [0.25, 0.3) is 0 Å². The lowest BCUT2D eigenvalue weighted by Gasteiger charge is -2.34. The molecule has 8 nitrogen and oxygen atoms in total. The zero-order valence-corrected chi connectivity index (χ0v) is 14.6. The Balaban J connectivity index is 2.17. The van der Waals surface area contributed by atoms with Gasteiger partial charge in [-0.1, -0.05) is 6.07 Å². The molecule has 1 atom stereocenters. The van der Waals surface area contributed by atoms with Crippen molar-refractivity contribution in [1.29, 1.82) is 0 Å². The lowest BCUT2D eigenvalue weighted by Crippen LogP contribution is -2.58. The maximum atomic E-state index is 12.7. The van der Waals surface area contributed by atoms with Crippen LogP contribution in [-0.4, -0.2) is 63.0 Å². The van der Waals surface area contributed by atoms with Crippen molar-refractivity contribution in [3.8, 4) is 11.5 Å². The molecule has 2 rings (SSSR count). The topological polar surface area (TPSA) is 97.0 Å². The number of carbonyl (C=O) groups is 3. The van der Waals surface area contributed by atoms with E-state index in [2.05, 4.69) is 10.6 Å². The second-order valence-corrected chi connectivity index (χ2v) is 5.63. The van der Waals surface area contributed by atoms with Gasteiger partial charge in [-0.2, -0.15) is 0 Å². The molecule has 1 saturated heterocycles. The van der Waals surface area contributed by atoms with Crippen LogP contribution < -0.4 is 20.1 Å². The van der Waals surface area contributed by atoms with Gasteiger partial charge in [0, 0.05) is 31.8 Å². The molecule has 3 amide bonds. The molecule has 2 N–H and O–H groups in total. The van der Waals surface area contributed by atoms with Gasteiger partial charge >= 0.3 is 0 Å². The average molecular weight is 349 g/mol. The number of nitrogens with zero attached hydrogens (tertiary/aromatic N) is 1. The van der Waals surface area contributed by atoms with Crippen molar-refractivity contribution in [2.24, 2.45) is 0 Å². The maximum Gasteiger partial charge on any atom is 0.243 e. The molecule has 1 unspecified atom stereocenters. The first-order valence-corrected chi connectivity index (χ1v) is 7.98. The van der Waals surface area contributed by atoms with Crippen molar-refractivity contribution in [2.45, 2.75) is 18.9 Å². The van der Waals surface area contributed by atoms with Crippen LogP contribution in [0, 0.1) is 0 Å². The molecule has 1 fully saturated rings. The van der Waals surface area contributed by atoms with E-state index >= 15 is 0 Å². The van der Waals surface area contributed by atoms with E-state index in [9.17, 15) is 14.4 Å². The number of amides is 3. The van der Waals surface area contributed by atoms with Crippen molar-refractivity contribution < 1.29 is 23.9 Å². The normalized spacial score (nSPS) is 16.8. The molecule has 8 heteroatoms. The van der Waals surface area contributed by atoms with Crippen molar-refractivity contribution >= 4 is 17.7 Å². The molecule has 136 valence electrons. The highest BCUT2D eigenvalue weighted by Gasteiger charge is 2.34. The Kier molecular flexibility index (Phi) is 6.21. The Morgan fingerprint density at radius 1 is 1.32 bits per heavy atom. The molecular weight excluding hydrogens is 326 g/mol. The molecule has 0 saturated carbocycles. The van der Waals surface area contributed by atoms with E-state index in [0.717, 1.165) is 0 Å². The zero-order chi connectivity index (χ0) is 18.4. The monoisotopic (exact) mass is 349 g/mol. The van der Waals surface area contributed by atoms with Crippen molar-refractivity contribution in [3.05, 3.63) is 23.8 Å². The summed E-state index contributed by atoms with van der Waals surface area (Å²) in [6.07, 6.45) is 0.0124. The third-order valence-electron chi connectivity index (χ3n) is 4.14. The Morgan fingerprint density at radius 3 is 2.72 bits per heavy atom. The summed E-state index contributed by atoms with van der Waals surface area (Å²) in [5.74, 6) is 0.332. The standard InChI is InChI=1S/C17H23N3O5/c1-18-15(21)10-13-17(23)19-6-7-20(13)16(22)8-11-4-5-12(24-2)9-14(11)25-3/h4-5,9,13H,6-8,10H2,1-3H3,(H,18,21)(H,19,23). The van der Waals surface area contributed by atoms with Crippen LogP contribution in [0.4, 0.5) is 0 Å². The summed E-state index contributed by atoms with van der Waals surface area (Å²) < 4.78 is 10.5. The molecule has 0 spiro atoms. The Hall–Kier alpha value is -2.77. The van der Waals surface area contributed by atoms with Gasteiger partial charge in [-0.15, -0.1) is 0 Å². The van der Waals surface area contributed by atoms with Crippen LogP contribution in [0.2, 0.25) is 0 Å². The van der Waals surface area contributed by atoms with Crippen LogP contribution in [0.1, 0.15) is 12.0 Å². The third kappa shape index (κ3) is 4.40. The van der Waals surface area contributed by atoms with E-state index < -0.39 is 6.04 Å². The zero-order valence-electron chi connectivity index (χ0n) is 14.6. The van der Waals surface area contributed by atoms with E-state index in [1.807, 2.05) is 0 Å². The summed E-state index contributed by atoms with van der Waals surface area (Å²) in [6.45, 7) is 0.735. The van der Waals surface area contributed by atoms with Gasteiger partial charge < -0.3 is 25.0 Å². The Morgan fingerprint density at radius 2 is 2.08 bits per heavy atom. The molecule has 0 aliphatic carbocycles. The number of hydrogen-bond acceptors (Lipinski definition) is 5. The summed E-state index contributed by atoms with van der Waals surface area (Å²) in [7, 11) is 4.57. The molecule has 0 radical (unpaired) electrons. The number of benzene rings is 1. The first-order valence-electron chi connectivity index (χ1n) is 7.98. The molecule has 1 heterocycles. The van der Waals surface area contributed by atoms with Crippen molar-refractivity contribution in [3.63, 3.8) is 0 Å². The summed E-state index contributed by atoms with van der Waals surface area (Å²) in [4.78, 5) is 38.0. The molecular formula is C17H23N3O5. The number of hydrogen-bond donors (Lipinski definition) is 2. The summed E-state index contributed by atoms with van der Waals surface area (Å²) >= 11 is 0. The first kappa shape index (κ1) is 18.6. The van der Waals surface area contributed by atoms with Gasteiger partial charge in [-0.3, -0.25) is 14.4 Å². The number of ether oxygens (including phenoxy) is 2. The second kappa shape index (κ2) is 8.36. The van der Waals surface area contributed by atoms with Gasteiger partial charge in [0.05, 0.1) is 27.1 Å². The minimum Gasteiger partial charge on any atom is -0.497 e. The van der Waals surface area contributed by atoms with Crippen LogP contribution >= 0.6 is 0 Å². The SMILES string of the molecule is CNC(=O)CC1C(=O)NCCN1C(=O)Cc1ccc(OC)cc1OC. The van der Waals surface area contributed by atoms with E-state index in [1.54, 1.807) is 25.3 Å². The minimum absolute atomic E-state index is 0.0617. The van der Waals surface area contributed by atoms with Gasteiger partial charge in [0.15, 0.2) is 0 Å². The Labute approximate surface area is 146 Å². The molecule has 1 aromatic rings. The fraction of sp³-hybridized carbons (Fsp3) is 0.471. The van der Waals surface area contributed by atoms with E-state index in [0.29, 0.717) is 30.2 Å². The fourth-order valence-electron chi connectivity index (χ4n) is 2.76. The van der Waals surface area contributed by atoms with E-state index in [-0.39, 0.29) is 30.6 Å². The van der Waals surface area contributed by atoms with Crippen molar-refractivity contribution in [2.75, 3.05) is 34.4 Å². The van der Waals surface area contributed by atoms with Crippen molar-refractivity contribution in [1.82, 2.24) is 15.5 Å². The lowest BCUT2D eigenvalue weighted by molar-refractivity contribution is -0.144. The number of methoxy groups -OCH3 is 2. The first-order chi connectivity index (χ1) is 12.0. The quantitative estimate of drug-likeness (QED) is 0.736. The molecule has 0 bridgehead atoms. The van der Waals surface area contributed by atoms with Gasteiger partial charge in [0.1, 0.15) is 17.5 Å². The van der Waals surface area contributed by atoms with Crippen LogP contribution in [0.5, 0.6) is 11.5 Å². The molecule has 1 aliphatic heterocycles. The number of nitrogens with one attached hydrogen (secondary N) is 2. The van der Waals surface area contributed by atoms with E-state index in [4.69, 9.17) is 9.47 Å². The smallest absolute Gasteiger partial charge is 0.243 e.